The molecule has 0 aliphatic carbocycles. The van der Waals surface area contributed by atoms with Crippen LogP contribution in [0.2, 0.25) is 0 Å². The minimum Gasteiger partial charge on any atom is -0.399 e. The number of anilines is 1. The molecule has 0 fully saturated rings. The molecular formula is C13H20N2O. The van der Waals surface area contributed by atoms with Crippen LogP contribution >= 0.6 is 0 Å². The van der Waals surface area contributed by atoms with Crippen LogP contribution in [-0.4, -0.2) is 29.8 Å². The molecule has 0 heterocycles. The molecule has 1 atom stereocenters. The van der Waals surface area contributed by atoms with Crippen molar-refractivity contribution in [2.24, 2.45) is 0 Å². The average Bonchev–Trinajstić information content (AvgIpc) is 2.30. The molecular weight excluding hydrogens is 200 g/mol. The van der Waals surface area contributed by atoms with Gasteiger partial charge in [0.15, 0.2) is 5.78 Å². The van der Waals surface area contributed by atoms with Crippen molar-refractivity contribution in [1.29, 1.82) is 0 Å². The van der Waals surface area contributed by atoms with Crippen molar-refractivity contribution in [3.63, 3.8) is 0 Å². The number of carbonyl (C=O) groups excluding carboxylic acids is 1. The Morgan fingerprint density at radius 2 is 1.75 bits per heavy atom. The van der Waals surface area contributed by atoms with Gasteiger partial charge in [0.05, 0.1) is 6.04 Å². The molecule has 0 amide bonds. The first kappa shape index (κ1) is 12.7. The van der Waals surface area contributed by atoms with Crippen LogP contribution in [0.15, 0.2) is 24.3 Å². The van der Waals surface area contributed by atoms with Gasteiger partial charge < -0.3 is 5.73 Å². The van der Waals surface area contributed by atoms with E-state index in [1.807, 2.05) is 6.92 Å². The van der Waals surface area contributed by atoms with Crippen LogP contribution in [0.3, 0.4) is 0 Å². The Labute approximate surface area is 97.2 Å². The van der Waals surface area contributed by atoms with Gasteiger partial charge in [0.1, 0.15) is 0 Å². The molecule has 0 aliphatic rings. The lowest BCUT2D eigenvalue weighted by atomic mass is 10.0. The van der Waals surface area contributed by atoms with Gasteiger partial charge in [-0.15, -0.1) is 0 Å². The normalized spacial score (nSPS) is 12.8. The molecule has 1 unspecified atom stereocenters. The van der Waals surface area contributed by atoms with E-state index < -0.39 is 0 Å². The van der Waals surface area contributed by atoms with Crippen LogP contribution in [0.5, 0.6) is 0 Å². The third kappa shape index (κ3) is 2.83. The first-order valence-corrected chi connectivity index (χ1v) is 5.74. The molecule has 1 rings (SSSR count). The number of nitrogen functional groups attached to an aromatic ring is 1. The lowest BCUT2D eigenvalue weighted by molar-refractivity contribution is 0.0851. The summed E-state index contributed by atoms with van der Waals surface area (Å²) in [6.07, 6.45) is 0. The second-order valence-corrected chi connectivity index (χ2v) is 3.88. The lowest BCUT2D eigenvalue weighted by Crippen LogP contribution is -2.38. The standard InChI is InChI=1S/C13H20N2O/c1-4-15(5-2)10(3)13(16)11-6-8-12(14)9-7-11/h6-10H,4-5,14H2,1-3H3. The number of benzene rings is 1. The minimum absolute atomic E-state index is 0.0707. The van der Waals surface area contributed by atoms with Gasteiger partial charge >= 0.3 is 0 Å². The number of carbonyl (C=O) groups is 1. The fourth-order valence-electron chi connectivity index (χ4n) is 1.83. The highest BCUT2D eigenvalue weighted by Gasteiger charge is 2.19. The molecule has 0 radical (unpaired) electrons. The van der Waals surface area contributed by atoms with Gasteiger partial charge in [-0.3, -0.25) is 9.69 Å². The highest BCUT2D eigenvalue weighted by molar-refractivity contribution is 6.00. The molecule has 0 bridgehead atoms. The molecule has 16 heavy (non-hydrogen) atoms. The highest BCUT2D eigenvalue weighted by Crippen LogP contribution is 2.11. The van der Waals surface area contributed by atoms with E-state index >= 15 is 0 Å². The van der Waals surface area contributed by atoms with Crippen molar-refractivity contribution in [1.82, 2.24) is 4.90 Å². The Morgan fingerprint density at radius 3 is 2.19 bits per heavy atom. The Balaban J connectivity index is 2.81. The van der Waals surface area contributed by atoms with Crippen LogP contribution in [-0.2, 0) is 0 Å². The van der Waals surface area contributed by atoms with Crippen LogP contribution < -0.4 is 5.73 Å². The van der Waals surface area contributed by atoms with Crippen LogP contribution in [0.4, 0.5) is 5.69 Å². The fraction of sp³-hybridized carbons (Fsp3) is 0.462. The first-order valence-electron chi connectivity index (χ1n) is 5.74. The van der Waals surface area contributed by atoms with E-state index in [-0.39, 0.29) is 11.8 Å². The maximum Gasteiger partial charge on any atom is 0.179 e. The fourth-order valence-corrected chi connectivity index (χ4v) is 1.83. The zero-order valence-electron chi connectivity index (χ0n) is 10.2. The highest BCUT2D eigenvalue weighted by atomic mass is 16.1. The monoisotopic (exact) mass is 220 g/mol. The van der Waals surface area contributed by atoms with E-state index in [0.29, 0.717) is 5.69 Å². The molecule has 3 nitrogen and oxygen atoms in total. The molecule has 0 saturated heterocycles. The number of likely N-dealkylation sites (N-methyl/N-ethyl adjacent to an activating group) is 1. The van der Waals surface area contributed by atoms with Gasteiger partial charge in [-0.1, -0.05) is 13.8 Å². The summed E-state index contributed by atoms with van der Waals surface area (Å²) in [7, 11) is 0. The van der Waals surface area contributed by atoms with Crippen LogP contribution in [0.1, 0.15) is 31.1 Å². The summed E-state index contributed by atoms with van der Waals surface area (Å²) in [4.78, 5) is 14.3. The van der Waals surface area contributed by atoms with Crippen molar-refractivity contribution in [2.45, 2.75) is 26.8 Å². The van der Waals surface area contributed by atoms with Gasteiger partial charge in [0, 0.05) is 11.3 Å². The third-order valence-electron chi connectivity index (χ3n) is 2.93. The van der Waals surface area contributed by atoms with Gasteiger partial charge in [-0.25, -0.2) is 0 Å². The van der Waals surface area contributed by atoms with Crippen molar-refractivity contribution in [2.75, 3.05) is 18.8 Å². The van der Waals surface area contributed by atoms with Crippen molar-refractivity contribution < 1.29 is 4.79 Å². The van der Waals surface area contributed by atoms with E-state index in [2.05, 4.69) is 18.7 Å². The molecule has 0 aliphatic heterocycles. The van der Waals surface area contributed by atoms with E-state index in [9.17, 15) is 4.79 Å². The second kappa shape index (κ2) is 5.66. The van der Waals surface area contributed by atoms with Gasteiger partial charge in [0.25, 0.3) is 0 Å². The summed E-state index contributed by atoms with van der Waals surface area (Å²) in [6.45, 7) is 7.86. The summed E-state index contributed by atoms with van der Waals surface area (Å²) < 4.78 is 0. The van der Waals surface area contributed by atoms with Gasteiger partial charge in [-0.2, -0.15) is 0 Å². The molecule has 1 aromatic carbocycles. The Kier molecular flexibility index (Phi) is 4.50. The number of hydrogen-bond donors (Lipinski definition) is 1. The quantitative estimate of drug-likeness (QED) is 0.611. The Bertz CT molecular complexity index is 341. The van der Waals surface area contributed by atoms with Gasteiger partial charge in [0.2, 0.25) is 0 Å². The predicted molar refractivity (Wildman–Crippen MR) is 67.6 cm³/mol. The first-order chi connectivity index (χ1) is 7.60. The van der Waals surface area contributed by atoms with E-state index in [4.69, 9.17) is 5.73 Å². The average molecular weight is 220 g/mol. The molecule has 0 spiro atoms. The smallest absolute Gasteiger partial charge is 0.179 e. The zero-order chi connectivity index (χ0) is 12.1. The minimum atomic E-state index is -0.0707. The largest absolute Gasteiger partial charge is 0.399 e. The summed E-state index contributed by atoms with van der Waals surface area (Å²) in [5, 5.41) is 0. The van der Waals surface area contributed by atoms with Gasteiger partial charge in [-0.05, 0) is 44.3 Å². The predicted octanol–water partition coefficient (Wildman–Crippen LogP) is 2.18. The van der Waals surface area contributed by atoms with Crippen molar-refractivity contribution >= 4 is 11.5 Å². The number of Topliss-reactive ketones (excluding diaryl/α,β-unsaturated/α-hetero) is 1. The maximum absolute atomic E-state index is 12.1. The zero-order valence-corrected chi connectivity index (χ0v) is 10.2. The van der Waals surface area contributed by atoms with Crippen LogP contribution in [0.25, 0.3) is 0 Å². The Morgan fingerprint density at radius 1 is 1.25 bits per heavy atom. The summed E-state index contributed by atoms with van der Waals surface area (Å²) in [5.41, 5.74) is 7.01. The van der Waals surface area contributed by atoms with E-state index in [1.54, 1.807) is 24.3 Å². The van der Waals surface area contributed by atoms with Crippen molar-refractivity contribution in [3.8, 4) is 0 Å². The van der Waals surface area contributed by atoms with Crippen molar-refractivity contribution in [3.05, 3.63) is 29.8 Å². The molecule has 88 valence electrons. The van der Waals surface area contributed by atoms with E-state index in [1.165, 1.54) is 0 Å². The summed E-state index contributed by atoms with van der Waals surface area (Å²) >= 11 is 0. The molecule has 3 heteroatoms. The number of rotatable bonds is 5. The summed E-state index contributed by atoms with van der Waals surface area (Å²) in [5.74, 6) is 0.156. The van der Waals surface area contributed by atoms with E-state index in [0.717, 1.165) is 18.7 Å². The Hall–Kier alpha value is -1.35. The third-order valence-corrected chi connectivity index (χ3v) is 2.93. The number of nitrogens with zero attached hydrogens (tertiary/aromatic N) is 1. The summed E-state index contributed by atoms with van der Waals surface area (Å²) in [6, 6.07) is 7.04. The van der Waals surface area contributed by atoms with Crippen LogP contribution in [0, 0.1) is 0 Å². The molecule has 0 saturated carbocycles. The topological polar surface area (TPSA) is 46.3 Å². The lowest BCUT2D eigenvalue weighted by Gasteiger charge is -2.25. The maximum atomic E-state index is 12.1. The molecule has 1 aromatic rings. The number of hydrogen-bond acceptors (Lipinski definition) is 3. The second-order valence-electron chi connectivity index (χ2n) is 3.88. The number of nitrogens with two attached hydrogens (primary N) is 1. The molecule has 2 N–H and O–H groups in total. The molecule has 0 aromatic heterocycles. The number of ketones is 1. The SMILES string of the molecule is CCN(CC)C(C)C(=O)c1ccc(N)cc1.